The lowest BCUT2D eigenvalue weighted by atomic mass is 9.98. The number of rotatable bonds is 2. The van der Waals surface area contributed by atoms with Crippen molar-refractivity contribution < 1.29 is 4.79 Å². The number of piperidine rings is 1. The number of hydrogen-bond donors (Lipinski definition) is 2. The standard InChI is InChI=1S/C18H22N4O/c23-18(21-16-9-8-13-5-1-2-6-15(13)16)22-10-4-3-7-17(22)14-11-19-20-12-14/h1-2,5-6,11-12,16-17H,3-4,7-10H2,(H,19,20)(H,21,23). The van der Waals surface area contributed by atoms with Crippen LogP contribution >= 0.6 is 0 Å². The average Bonchev–Trinajstić information content (AvgIpc) is 3.25. The van der Waals surface area contributed by atoms with Crippen molar-refractivity contribution >= 4 is 6.03 Å². The van der Waals surface area contributed by atoms with Gasteiger partial charge in [-0.3, -0.25) is 5.10 Å². The van der Waals surface area contributed by atoms with Crippen molar-refractivity contribution in [2.45, 2.75) is 44.2 Å². The Morgan fingerprint density at radius 3 is 3.04 bits per heavy atom. The number of aryl methyl sites for hydroxylation is 1. The summed E-state index contributed by atoms with van der Waals surface area (Å²) >= 11 is 0. The molecule has 2 unspecified atom stereocenters. The minimum atomic E-state index is 0.0533. The highest BCUT2D eigenvalue weighted by atomic mass is 16.2. The monoisotopic (exact) mass is 310 g/mol. The summed E-state index contributed by atoms with van der Waals surface area (Å²) in [6.07, 6.45) is 9.02. The van der Waals surface area contributed by atoms with E-state index in [4.69, 9.17) is 0 Å². The fraction of sp³-hybridized carbons (Fsp3) is 0.444. The SMILES string of the molecule is O=C(NC1CCc2ccccc21)N1CCCCC1c1cn[nH]c1. The zero-order valence-electron chi connectivity index (χ0n) is 13.2. The Morgan fingerprint density at radius 1 is 1.26 bits per heavy atom. The number of likely N-dealkylation sites (tertiary alicyclic amines) is 1. The summed E-state index contributed by atoms with van der Waals surface area (Å²) in [5, 5.41) is 10.2. The van der Waals surface area contributed by atoms with Gasteiger partial charge in [-0.05, 0) is 43.2 Å². The number of nitrogens with zero attached hydrogens (tertiary/aromatic N) is 2. The Morgan fingerprint density at radius 2 is 2.17 bits per heavy atom. The van der Waals surface area contributed by atoms with Crippen molar-refractivity contribution in [3.05, 3.63) is 53.3 Å². The van der Waals surface area contributed by atoms with E-state index in [0.717, 1.165) is 44.2 Å². The number of benzene rings is 1. The highest BCUT2D eigenvalue weighted by Crippen LogP contribution is 2.33. The molecule has 2 aliphatic rings. The first-order valence-corrected chi connectivity index (χ1v) is 8.46. The van der Waals surface area contributed by atoms with E-state index in [1.165, 1.54) is 11.1 Å². The fourth-order valence-corrected chi connectivity index (χ4v) is 3.90. The largest absolute Gasteiger partial charge is 0.331 e. The highest BCUT2D eigenvalue weighted by Gasteiger charge is 2.31. The van der Waals surface area contributed by atoms with Gasteiger partial charge in [0.1, 0.15) is 0 Å². The highest BCUT2D eigenvalue weighted by molar-refractivity contribution is 5.75. The Hall–Kier alpha value is -2.30. The van der Waals surface area contributed by atoms with Gasteiger partial charge in [0.25, 0.3) is 0 Å². The first-order chi connectivity index (χ1) is 11.3. The molecule has 4 rings (SSSR count). The van der Waals surface area contributed by atoms with Gasteiger partial charge in [-0.15, -0.1) is 0 Å². The molecule has 0 bridgehead atoms. The second-order valence-corrected chi connectivity index (χ2v) is 6.48. The van der Waals surface area contributed by atoms with E-state index in [-0.39, 0.29) is 18.1 Å². The second kappa shape index (κ2) is 6.07. The quantitative estimate of drug-likeness (QED) is 0.893. The van der Waals surface area contributed by atoms with Gasteiger partial charge in [0.05, 0.1) is 18.3 Å². The third kappa shape index (κ3) is 2.71. The van der Waals surface area contributed by atoms with Gasteiger partial charge in [-0.25, -0.2) is 4.79 Å². The molecule has 1 aromatic heterocycles. The van der Waals surface area contributed by atoms with Crippen molar-refractivity contribution in [2.75, 3.05) is 6.54 Å². The zero-order chi connectivity index (χ0) is 15.6. The maximum Gasteiger partial charge on any atom is 0.318 e. The molecule has 1 aliphatic heterocycles. The van der Waals surface area contributed by atoms with Crippen molar-refractivity contribution in [1.82, 2.24) is 20.4 Å². The van der Waals surface area contributed by atoms with Crippen LogP contribution in [0.4, 0.5) is 4.79 Å². The Kier molecular flexibility index (Phi) is 3.77. The molecule has 2 aromatic rings. The van der Waals surface area contributed by atoms with E-state index >= 15 is 0 Å². The molecule has 2 atom stereocenters. The number of carbonyl (C=O) groups is 1. The Labute approximate surface area is 136 Å². The van der Waals surface area contributed by atoms with E-state index in [2.05, 4.69) is 39.8 Å². The van der Waals surface area contributed by atoms with Crippen LogP contribution in [0.25, 0.3) is 0 Å². The minimum Gasteiger partial charge on any atom is -0.331 e. The fourth-order valence-electron chi connectivity index (χ4n) is 3.90. The Balaban J connectivity index is 1.50. The summed E-state index contributed by atoms with van der Waals surface area (Å²) in [4.78, 5) is 14.8. The Bertz CT molecular complexity index is 682. The lowest BCUT2D eigenvalue weighted by molar-refractivity contribution is 0.148. The van der Waals surface area contributed by atoms with Gasteiger partial charge in [0.15, 0.2) is 0 Å². The molecule has 0 spiro atoms. The average molecular weight is 310 g/mol. The van der Waals surface area contributed by atoms with Crippen LogP contribution in [0.2, 0.25) is 0 Å². The predicted octanol–water partition coefficient (Wildman–Crippen LogP) is 3.33. The maximum atomic E-state index is 12.9. The van der Waals surface area contributed by atoms with Crippen molar-refractivity contribution in [3.63, 3.8) is 0 Å². The van der Waals surface area contributed by atoms with Crippen LogP contribution in [0.1, 0.15) is 54.5 Å². The molecule has 2 heterocycles. The van der Waals surface area contributed by atoms with Crippen LogP contribution < -0.4 is 5.32 Å². The number of amides is 2. The zero-order valence-corrected chi connectivity index (χ0v) is 13.2. The second-order valence-electron chi connectivity index (χ2n) is 6.48. The molecule has 5 nitrogen and oxygen atoms in total. The minimum absolute atomic E-state index is 0.0533. The van der Waals surface area contributed by atoms with Gasteiger partial charge < -0.3 is 10.2 Å². The number of aromatic nitrogens is 2. The number of fused-ring (bicyclic) bond motifs is 1. The molecular weight excluding hydrogens is 288 g/mol. The van der Waals surface area contributed by atoms with Crippen molar-refractivity contribution in [1.29, 1.82) is 0 Å². The van der Waals surface area contributed by atoms with Crippen molar-refractivity contribution in [3.8, 4) is 0 Å². The van der Waals surface area contributed by atoms with E-state index < -0.39 is 0 Å². The number of urea groups is 1. The molecule has 1 aromatic carbocycles. The summed E-state index contributed by atoms with van der Waals surface area (Å²) in [6, 6.07) is 8.76. The predicted molar refractivity (Wildman–Crippen MR) is 87.9 cm³/mol. The summed E-state index contributed by atoms with van der Waals surface area (Å²) in [5.74, 6) is 0. The van der Waals surface area contributed by atoms with Crippen LogP contribution in [0, 0.1) is 0 Å². The van der Waals surface area contributed by atoms with Crippen LogP contribution in [-0.4, -0.2) is 27.7 Å². The van der Waals surface area contributed by atoms with Crippen LogP contribution in [0.5, 0.6) is 0 Å². The lowest BCUT2D eigenvalue weighted by Gasteiger charge is -2.36. The molecular formula is C18H22N4O. The van der Waals surface area contributed by atoms with Crippen LogP contribution in [0.3, 0.4) is 0 Å². The number of hydrogen-bond acceptors (Lipinski definition) is 2. The van der Waals surface area contributed by atoms with Gasteiger partial charge in [-0.1, -0.05) is 24.3 Å². The number of nitrogens with one attached hydrogen (secondary N) is 2. The number of H-pyrrole nitrogens is 1. The third-order valence-electron chi connectivity index (χ3n) is 5.10. The summed E-state index contributed by atoms with van der Waals surface area (Å²) in [7, 11) is 0. The van der Waals surface area contributed by atoms with Gasteiger partial charge >= 0.3 is 6.03 Å². The molecule has 120 valence electrons. The molecule has 1 saturated heterocycles. The first-order valence-electron chi connectivity index (χ1n) is 8.46. The smallest absolute Gasteiger partial charge is 0.318 e. The molecule has 1 aliphatic carbocycles. The molecule has 23 heavy (non-hydrogen) atoms. The van der Waals surface area contributed by atoms with Crippen LogP contribution in [-0.2, 0) is 6.42 Å². The number of aromatic amines is 1. The number of carbonyl (C=O) groups excluding carboxylic acids is 1. The van der Waals surface area contributed by atoms with E-state index in [1.807, 2.05) is 17.3 Å². The molecule has 0 saturated carbocycles. The molecule has 0 radical (unpaired) electrons. The van der Waals surface area contributed by atoms with Crippen LogP contribution in [0.15, 0.2) is 36.7 Å². The van der Waals surface area contributed by atoms with Gasteiger partial charge in [0.2, 0.25) is 0 Å². The maximum absolute atomic E-state index is 12.9. The molecule has 5 heteroatoms. The lowest BCUT2D eigenvalue weighted by Crippen LogP contribution is -2.45. The van der Waals surface area contributed by atoms with Gasteiger partial charge in [0, 0.05) is 18.3 Å². The summed E-state index contributed by atoms with van der Waals surface area (Å²) < 4.78 is 0. The molecule has 2 amide bonds. The third-order valence-corrected chi connectivity index (χ3v) is 5.10. The van der Waals surface area contributed by atoms with Gasteiger partial charge in [-0.2, -0.15) is 5.10 Å². The van der Waals surface area contributed by atoms with E-state index in [1.54, 1.807) is 0 Å². The molecule has 2 N–H and O–H groups in total. The normalized spacial score (nSPS) is 23.6. The van der Waals surface area contributed by atoms with E-state index in [0.29, 0.717) is 0 Å². The summed E-state index contributed by atoms with van der Waals surface area (Å²) in [5.41, 5.74) is 3.74. The molecule has 1 fully saturated rings. The van der Waals surface area contributed by atoms with Crippen molar-refractivity contribution in [2.24, 2.45) is 0 Å². The summed E-state index contributed by atoms with van der Waals surface area (Å²) in [6.45, 7) is 0.816. The van der Waals surface area contributed by atoms with E-state index in [9.17, 15) is 4.79 Å². The first kappa shape index (κ1) is 14.3. The topological polar surface area (TPSA) is 61.0 Å².